The lowest BCUT2D eigenvalue weighted by molar-refractivity contribution is -0.0624. The molecule has 3 heteroatoms. The van der Waals surface area contributed by atoms with Crippen LogP contribution in [0, 0.1) is 11.8 Å². The molecule has 0 aliphatic heterocycles. The summed E-state index contributed by atoms with van der Waals surface area (Å²) in [5, 5.41) is 3.60. The van der Waals surface area contributed by atoms with Crippen molar-refractivity contribution in [2.24, 2.45) is 11.8 Å². The van der Waals surface area contributed by atoms with Crippen molar-refractivity contribution in [3.63, 3.8) is 0 Å². The Balaban J connectivity index is 0.00000243. The van der Waals surface area contributed by atoms with Crippen LogP contribution in [-0.2, 0) is 10.3 Å². The topological polar surface area (TPSA) is 21.3 Å². The number of hydrogen-bond donors (Lipinski definition) is 1. The Kier molecular flexibility index (Phi) is 7.69. The van der Waals surface area contributed by atoms with Crippen LogP contribution in [0.3, 0.4) is 0 Å². The van der Waals surface area contributed by atoms with Crippen molar-refractivity contribution in [1.29, 1.82) is 0 Å². The molecule has 2 unspecified atom stereocenters. The highest BCUT2D eigenvalue weighted by Crippen LogP contribution is 2.45. The molecule has 1 aliphatic rings. The normalized spacial score (nSPS) is 16.6. The first kappa shape index (κ1) is 21.0. The molecule has 0 spiro atoms. The van der Waals surface area contributed by atoms with Crippen LogP contribution in [0.2, 0.25) is 0 Å². The van der Waals surface area contributed by atoms with Gasteiger partial charge in [-0.25, -0.2) is 0 Å². The van der Waals surface area contributed by atoms with Gasteiger partial charge in [0.1, 0.15) is 5.60 Å². The minimum absolute atomic E-state index is 0. The zero-order chi connectivity index (χ0) is 17.7. The van der Waals surface area contributed by atoms with Gasteiger partial charge in [-0.3, -0.25) is 0 Å². The van der Waals surface area contributed by atoms with E-state index in [9.17, 15) is 0 Å². The van der Waals surface area contributed by atoms with E-state index in [1.54, 1.807) is 0 Å². The summed E-state index contributed by atoms with van der Waals surface area (Å²) in [6.45, 7) is 5.13. The molecule has 0 aromatic heterocycles. The summed E-state index contributed by atoms with van der Waals surface area (Å²) in [7, 11) is 2.09. The van der Waals surface area contributed by atoms with Crippen LogP contribution in [0.15, 0.2) is 60.7 Å². The lowest BCUT2D eigenvalue weighted by Gasteiger charge is -2.43. The Labute approximate surface area is 164 Å². The highest BCUT2D eigenvalue weighted by Gasteiger charge is 2.44. The van der Waals surface area contributed by atoms with Crippen LogP contribution in [0.4, 0.5) is 0 Å². The van der Waals surface area contributed by atoms with Crippen molar-refractivity contribution in [3.05, 3.63) is 71.8 Å². The number of rotatable bonds is 9. The number of benzene rings is 2. The first-order chi connectivity index (χ1) is 12.2. The SMILES string of the molecule is CCOC(c1ccccc1)(c1ccccc1)C(C)C(CC1CC1)NC.Cl. The molecule has 26 heavy (non-hydrogen) atoms. The van der Waals surface area contributed by atoms with Gasteiger partial charge in [-0.15, -0.1) is 12.4 Å². The maximum Gasteiger partial charge on any atom is 0.122 e. The van der Waals surface area contributed by atoms with Crippen molar-refractivity contribution in [2.75, 3.05) is 13.7 Å². The first-order valence-corrected chi connectivity index (χ1v) is 9.64. The van der Waals surface area contributed by atoms with Crippen molar-refractivity contribution in [2.45, 2.75) is 44.8 Å². The second-order valence-electron chi connectivity index (χ2n) is 7.26. The molecule has 2 aromatic carbocycles. The largest absolute Gasteiger partial charge is 0.365 e. The summed E-state index contributed by atoms with van der Waals surface area (Å²) in [5.74, 6) is 1.20. The van der Waals surface area contributed by atoms with Gasteiger partial charge in [-0.1, -0.05) is 80.4 Å². The molecule has 1 saturated carbocycles. The Bertz CT molecular complexity index is 602. The lowest BCUT2D eigenvalue weighted by atomic mass is 9.72. The van der Waals surface area contributed by atoms with Crippen LogP contribution < -0.4 is 5.32 Å². The van der Waals surface area contributed by atoms with Gasteiger partial charge in [0, 0.05) is 18.6 Å². The van der Waals surface area contributed by atoms with Gasteiger partial charge in [0.2, 0.25) is 0 Å². The second-order valence-corrected chi connectivity index (χ2v) is 7.26. The van der Waals surface area contributed by atoms with E-state index in [4.69, 9.17) is 4.74 Å². The zero-order valence-corrected chi connectivity index (χ0v) is 17.0. The molecule has 2 nitrogen and oxygen atoms in total. The minimum atomic E-state index is -0.431. The summed E-state index contributed by atoms with van der Waals surface area (Å²) in [6, 6.07) is 21.9. The summed E-state index contributed by atoms with van der Waals surface area (Å²) in [4.78, 5) is 0. The molecule has 2 aromatic rings. The van der Waals surface area contributed by atoms with Crippen molar-refractivity contribution in [1.82, 2.24) is 5.32 Å². The molecular weight excluding hydrogens is 342 g/mol. The van der Waals surface area contributed by atoms with Gasteiger partial charge >= 0.3 is 0 Å². The Morgan fingerprint density at radius 2 is 1.50 bits per heavy atom. The van der Waals surface area contributed by atoms with E-state index in [-0.39, 0.29) is 12.4 Å². The van der Waals surface area contributed by atoms with E-state index in [0.29, 0.717) is 18.6 Å². The summed E-state index contributed by atoms with van der Waals surface area (Å²) < 4.78 is 6.61. The summed E-state index contributed by atoms with van der Waals surface area (Å²) in [5.41, 5.74) is 2.05. The molecule has 1 N–H and O–H groups in total. The van der Waals surface area contributed by atoms with Crippen molar-refractivity contribution >= 4 is 12.4 Å². The molecule has 0 radical (unpaired) electrons. The monoisotopic (exact) mass is 373 g/mol. The Morgan fingerprint density at radius 1 is 1.00 bits per heavy atom. The quantitative estimate of drug-likeness (QED) is 0.634. The molecule has 0 saturated heterocycles. The van der Waals surface area contributed by atoms with Crippen molar-refractivity contribution in [3.8, 4) is 0 Å². The van der Waals surface area contributed by atoms with Crippen LogP contribution in [0.5, 0.6) is 0 Å². The molecule has 3 rings (SSSR count). The van der Waals surface area contributed by atoms with E-state index >= 15 is 0 Å². The molecule has 2 atom stereocenters. The van der Waals surface area contributed by atoms with E-state index in [0.717, 1.165) is 5.92 Å². The second kappa shape index (κ2) is 9.55. The lowest BCUT2D eigenvalue weighted by Crippen LogP contribution is -2.48. The van der Waals surface area contributed by atoms with Crippen LogP contribution in [0.25, 0.3) is 0 Å². The number of hydrogen-bond acceptors (Lipinski definition) is 2. The highest BCUT2D eigenvalue weighted by molar-refractivity contribution is 5.85. The zero-order valence-electron chi connectivity index (χ0n) is 16.2. The molecule has 1 aliphatic carbocycles. The van der Waals surface area contributed by atoms with E-state index in [1.165, 1.54) is 30.4 Å². The predicted octanol–water partition coefficient (Wildman–Crippen LogP) is 5.41. The smallest absolute Gasteiger partial charge is 0.122 e. The maximum absolute atomic E-state index is 6.61. The Hall–Kier alpha value is -1.35. The fourth-order valence-corrected chi connectivity index (χ4v) is 4.16. The molecule has 0 bridgehead atoms. The average Bonchev–Trinajstić information content (AvgIpc) is 3.49. The predicted molar refractivity (Wildman–Crippen MR) is 112 cm³/mol. The van der Waals surface area contributed by atoms with E-state index in [2.05, 4.69) is 86.9 Å². The van der Waals surface area contributed by atoms with Gasteiger partial charge in [0.15, 0.2) is 0 Å². The fourth-order valence-electron chi connectivity index (χ4n) is 4.16. The standard InChI is InChI=1S/C23H31NO.ClH/c1-4-25-23(20-11-7-5-8-12-20,21-13-9-6-10-14-21)18(2)22(24-3)17-19-15-16-19;/h5-14,18-19,22,24H,4,15-17H2,1-3H3;1H. The van der Waals surface area contributed by atoms with Gasteiger partial charge in [0.25, 0.3) is 0 Å². The highest BCUT2D eigenvalue weighted by atomic mass is 35.5. The van der Waals surface area contributed by atoms with Crippen LogP contribution in [-0.4, -0.2) is 19.7 Å². The van der Waals surface area contributed by atoms with Gasteiger partial charge in [0.05, 0.1) is 0 Å². The van der Waals surface area contributed by atoms with Gasteiger partial charge < -0.3 is 10.1 Å². The summed E-state index contributed by atoms with van der Waals surface area (Å²) in [6.07, 6.45) is 3.98. The fraction of sp³-hybridized carbons (Fsp3) is 0.478. The molecule has 0 amide bonds. The third kappa shape index (κ3) is 4.31. The molecule has 0 heterocycles. The maximum atomic E-state index is 6.61. The molecule has 142 valence electrons. The number of ether oxygens (including phenoxy) is 1. The third-order valence-electron chi connectivity index (χ3n) is 5.68. The van der Waals surface area contributed by atoms with Crippen LogP contribution >= 0.6 is 12.4 Å². The van der Waals surface area contributed by atoms with E-state index < -0.39 is 5.60 Å². The van der Waals surface area contributed by atoms with Crippen molar-refractivity contribution < 1.29 is 4.74 Å². The van der Waals surface area contributed by atoms with Gasteiger partial charge in [-0.2, -0.15) is 0 Å². The summed E-state index contributed by atoms with van der Waals surface area (Å²) >= 11 is 0. The number of nitrogens with one attached hydrogen (secondary N) is 1. The third-order valence-corrected chi connectivity index (χ3v) is 5.68. The molecular formula is C23H32ClNO. The first-order valence-electron chi connectivity index (χ1n) is 9.64. The number of halogens is 1. The van der Waals surface area contributed by atoms with Gasteiger partial charge in [-0.05, 0) is 37.4 Å². The Morgan fingerprint density at radius 3 is 1.88 bits per heavy atom. The van der Waals surface area contributed by atoms with Crippen LogP contribution in [0.1, 0.15) is 44.2 Å². The molecule has 1 fully saturated rings. The average molecular weight is 374 g/mol. The minimum Gasteiger partial charge on any atom is -0.365 e. The van der Waals surface area contributed by atoms with E-state index in [1.807, 2.05) is 0 Å².